The van der Waals surface area contributed by atoms with Gasteiger partial charge in [-0.1, -0.05) is 19.1 Å². The number of hydrogen-bond donors (Lipinski definition) is 0. The Kier molecular flexibility index (Phi) is 5.11. The summed E-state index contributed by atoms with van der Waals surface area (Å²) in [6, 6.07) is 9.28. The molecule has 3 aromatic rings. The molecule has 8 heteroatoms. The zero-order chi connectivity index (χ0) is 21.6. The van der Waals surface area contributed by atoms with Crippen molar-refractivity contribution >= 4 is 20.7 Å². The van der Waals surface area contributed by atoms with E-state index >= 15 is 0 Å². The van der Waals surface area contributed by atoms with E-state index in [1.807, 2.05) is 18.5 Å². The predicted molar refractivity (Wildman–Crippen MR) is 120 cm³/mol. The second-order valence-electron chi connectivity index (χ2n) is 9.32. The van der Waals surface area contributed by atoms with E-state index in [0.717, 1.165) is 67.8 Å². The van der Waals surface area contributed by atoms with Crippen molar-refractivity contribution in [3.05, 3.63) is 42.7 Å². The van der Waals surface area contributed by atoms with Crippen molar-refractivity contribution in [1.82, 2.24) is 19.7 Å². The van der Waals surface area contributed by atoms with Gasteiger partial charge >= 0.3 is 0 Å². The zero-order valence-corrected chi connectivity index (χ0v) is 18.8. The monoisotopic (exact) mass is 440 g/mol. The van der Waals surface area contributed by atoms with E-state index in [9.17, 15) is 8.42 Å². The molecule has 0 aliphatic carbocycles. The van der Waals surface area contributed by atoms with Crippen LogP contribution < -0.4 is 0 Å². The average Bonchev–Trinajstić information content (AvgIpc) is 3.16. The van der Waals surface area contributed by atoms with Crippen LogP contribution >= 0.6 is 0 Å². The number of nitrogens with zero attached hydrogens (tertiary/aromatic N) is 4. The first kappa shape index (κ1) is 20.6. The minimum absolute atomic E-state index is 0.315. The van der Waals surface area contributed by atoms with Crippen molar-refractivity contribution in [3.8, 4) is 11.3 Å². The summed E-state index contributed by atoms with van der Waals surface area (Å²) in [6.07, 6.45) is 7.18. The fourth-order valence-corrected chi connectivity index (χ4v) is 5.30. The summed E-state index contributed by atoms with van der Waals surface area (Å²) in [4.78, 5) is 7.52. The lowest BCUT2D eigenvalue weighted by Crippen LogP contribution is -2.50. The van der Waals surface area contributed by atoms with Crippen molar-refractivity contribution in [1.29, 1.82) is 0 Å². The maximum atomic E-state index is 11.7. The normalized spacial score (nSPS) is 20.1. The average molecular weight is 441 g/mol. The summed E-state index contributed by atoms with van der Waals surface area (Å²) in [7, 11) is -3.20. The number of fused-ring (bicyclic) bond motifs is 1. The van der Waals surface area contributed by atoms with Gasteiger partial charge in [0.1, 0.15) is 0 Å². The zero-order valence-electron chi connectivity index (χ0n) is 18.0. The van der Waals surface area contributed by atoms with Crippen LogP contribution in [-0.4, -0.2) is 67.2 Å². The van der Waals surface area contributed by atoms with E-state index in [1.54, 1.807) is 24.3 Å². The minimum Gasteiger partial charge on any atom is -0.380 e. The molecule has 31 heavy (non-hydrogen) atoms. The van der Waals surface area contributed by atoms with Crippen LogP contribution in [0, 0.1) is 5.41 Å². The molecule has 0 saturated carbocycles. The SMILES string of the molecule is CC1(CN2CCC(n3ncc4cc(-c5ccc(S(C)(=O)=O)cc5)ncc43)CC2)COC1. The molecule has 0 spiro atoms. The molecule has 0 bridgehead atoms. The molecule has 2 aliphatic rings. The molecule has 5 rings (SSSR count). The maximum absolute atomic E-state index is 11.7. The molecule has 1 aromatic carbocycles. The third-order valence-corrected chi connectivity index (χ3v) is 7.60. The Labute approximate surface area is 182 Å². The fraction of sp³-hybridized carbons (Fsp3) is 0.478. The van der Waals surface area contributed by atoms with Crippen LogP contribution in [0.5, 0.6) is 0 Å². The Hall–Kier alpha value is -2.29. The number of pyridine rings is 1. The van der Waals surface area contributed by atoms with Gasteiger partial charge in [0.2, 0.25) is 0 Å². The van der Waals surface area contributed by atoms with E-state index in [0.29, 0.717) is 16.4 Å². The molecular formula is C23H28N4O3S. The van der Waals surface area contributed by atoms with Gasteiger partial charge in [0, 0.05) is 42.3 Å². The van der Waals surface area contributed by atoms with Crippen LogP contribution in [0.25, 0.3) is 22.2 Å². The molecule has 0 N–H and O–H groups in total. The van der Waals surface area contributed by atoms with Gasteiger partial charge in [0.05, 0.1) is 47.8 Å². The molecule has 7 nitrogen and oxygen atoms in total. The number of benzene rings is 1. The molecular weight excluding hydrogens is 412 g/mol. The van der Waals surface area contributed by atoms with E-state index in [-0.39, 0.29) is 0 Å². The summed E-state index contributed by atoms with van der Waals surface area (Å²) >= 11 is 0. The van der Waals surface area contributed by atoms with Crippen LogP contribution in [0.4, 0.5) is 0 Å². The lowest BCUT2D eigenvalue weighted by Gasteiger charge is -2.43. The molecule has 2 fully saturated rings. The van der Waals surface area contributed by atoms with Crippen LogP contribution in [-0.2, 0) is 14.6 Å². The highest BCUT2D eigenvalue weighted by Crippen LogP contribution is 2.32. The highest BCUT2D eigenvalue weighted by atomic mass is 32.2. The summed E-state index contributed by atoms with van der Waals surface area (Å²) in [5, 5.41) is 5.74. The largest absolute Gasteiger partial charge is 0.380 e. The fourth-order valence-electron chi connectivity index (χ4n) is 4.67. The van der Waals surface area contributed by atoms with Crippen LogP contribution in [0.1, 0.15) is 25.8 Å². The first-order chi connectivity index (χ1) is 14.8. The van der Waals surface area contributed by atoms with Gasteiger partial charge in [-0.25, -0.2) is 8.42 Å². The molecule has 2 saturated heterocycles. The molecule has 0 radical (unpaired) electrons. The van der Waals surface area contributed by atoms with Crippen LogP contribution in [0.15, 0.2) is 47.6 Å². The Morgan fingerprint density at radius 2 is 1.84 bits per heavy atom. The smallest absolute Gasteiger partial charge is 0.175 e. The topological polar surface area (TPSA) is 77.3 Å². The Balaban J connectivity index is 1.31. The number of piperidine rings is 1. The van der Waals surface area contributed by atoms with E-state index in [4.69, 9.17) is 4.74 Å². The maximum Gasteiger partial charge on any atom is 0.175 e. The first-order valence-corrected chi connectivity index (χ1v) is 12.6. The van der Waals surface area contributed by atoms with E-state index < -0.39 is 9.84 Å². The second kappa shape index (κ2) is 7.69. The molecule has 0 unspecified atom stereocenters. The van der Waals surface area contributed by atoms with Crippen molar-refractivity contribution in [2.24, 2.45) is 5.41 Å². The molecule has 0 amide bonds. The summed E-state index contributed by atoms with van der Waals surface area (Å²) in [5.41, 5.74) is 3.08. The Bertz CT molecular complexity index is 1190. The van der Waals surface area contributed by atoms with E-state index in [2.05, 4.69) is 26.6 Å². The van der Waals surface area contributed by atoms with Gasteiger partial charge in [-0.3, -0.25) is 9.67 Å². The minimum atomic E-state index is -3.20. The number of rotatable bonds is 5. The highest BCUT2D eigenvalue weighted by molar-refractivity contribution is 7.90. The van der Waals surface area contributed by atoms with E-state index in [1.165, 1.54) is 6.26 Å². The lowest BCUT2D eigenvalue weighted by atomic mass is 9.87. The van der Waals surface area contributed by atoms with Crippen molar-refractivity contribution in [2.45, 2.75) is 30.7 Å². The number of likely N-dealkylation sites (tertiary alicyclic amines) is 1. The van der Waals surface area contributed by atoms with Crippen LogP contribution in [0.2, 0.25) is 0 Å². The number of hydrogen-bond acceptors (Lipinski definition) is 6. The van der Waals surface area contributed by atoms with Gasteiger partial charge in [-0.15, -0.1) is 0 Å². The van der Waals surface area contributed by atoms with Crippen molar-refractivity contribution < 1.29 is 13.2 Å². The number of ether oxygens (including phenoxy) is 1. The van der Waals surface area contributed by atoms with Crippen molar-refractivity contribution in [2.75, 3.05) is 39.1 Å². The molecule has 0 atom stereocenters. The summed E-state index contributed by atoms with van der Waals surface area (Å²) in [5.74, 6) is 0. The quantitative estimate of drug-likeness (QED) is 0.607. The third kappa shape index (κ3) is 4.12. The second-order valence-corrected chi connectivity index (χ2v) is 11.3. The van der Waals surface area contributed by atoms with Gasteiger partial charge in [0.25, 0.3) is 0 Å². The Morgan fingerprint density at radius 1 is 1.13 bits per heavy atom. The molecule has 2 aliphatic heterocycles. The lowest BCUT2D eigenvalue weighted by molar-refractivity contribution is -0.117. The highest BCUT2D eigenvalue weighted by Gasteiger charge is 2.36. The van der Waals surface area contributed by atoms with Gasteiger partial charge < -0.3 is 9.64 Å². The standard InChI is InChI=1S/C23H28N4O3S/c1-23(15-30-16-23)14-26-9-7-19(8-10-26)27-22-13-24-21(11-18(22)12-25-27)17-3-5-20(6-4-17)31(2,28)29/h3-6,11-13,19H,7-10,14-16H2,1-2H3. The third-order valence-electron chi connectivity index (χ3n) is 6.47. The predicted octanol–water partition coefficient (Wildman–Crippen LogP) is 3.18. The number of aromatic nitrogens is 3. The number of sulfone groups is 1. The van der Waals surface area contributed by atoms with Crippen LogP contribution in [0.3, 0.4) is 0 Å². The van der Waals surface area contributed by atoms with Crippen molar-refractivity contribution in [3.63, 3.8) is 0 Å². The van der Waals surface area contributed by atoms with Gasteiger partial charge in [0.15, 0.2) is 9.84 Å². The molecule has 2 aromatic heterocycles. The molecule has 4 heterocycles. The molecule has 164 valence electrons. The Morgan fingerprint density at radius 3 is 2.45 bits per heavy atom. The summed E-state index contributed by atoms with van der Waals surface area (Å²) in [6.45, 7) is 7.34. The summed E-state index contributed by atoms with van der Waals surface area (Å²) < 4.78 is 30.9. The van der Waals surface area contributed by atoms with Gasteiger partial charge in [-0.05, 0) is 31.0 Å². The van der Waals surface area contributed by atoms with Gasteiger partial charge in [-0.2, -0.15) is 5.10 Å². The first-order valence-electron chi connectivity index (χ1n) is 10.7.